The molecule has 1 aromatic rings. The number of ether oxygens (including phenoxy) is 3. The first-order valence-electron chi connectivity index (χ1n) is 8.77. The number of rotatable bonds is 10. The second-order valence-corrected chi connectivity index (χ2v) is 6.67. The van der Waals surface area contributed by atoms with Crippen LogP contribution in [-0.2, 0) is 11.2 Å². The van der Waals surface area contributed by atoms with Crippen LogP contribution in [0, 0.1) is 11.8 Å². The first-order valence-corrected chi connectivity index (χ1v) is 8.77. The molecule has 3 N–H and O–H groups in total. The Hall–Kier alpha value is -2.58. The normalized spacial score (nSPS) is 14.6. The SMILES string of the molecule is CC(CCc1ccc(OC(F)(F)F)c(OC(F)(F)F)c1OC(F)(F)F)CC(CN)C(=O)O. The maximum atomic E-state index is 12.8. The van der Waals surface area contributed by atoms with Gasteiger partial charge < -0.3 is 25.1 Å². The Morgan fingerprint density at radius 2 is 1.44 bits per heavy atom. The molecule has 0 aromatic heterocycles. The van der Waals surface area contributed by atoms with E-state index in [4.69, 9.17) is 10.8 Å². The van der Waals surface area contributed by atoms with Crippen LogP contribution in [0.15, 0.2) is 12.1 Å². The standard InChI is InChI=1S/C17H18F9NO5/c1-8(6-10(7-27)14(28)29)2-3-9-4-5-11(30-15(18,19)20)13(32-17(24,25)26)12(9)31-16(21,22)23/h4-5,8,10H,2-3,6-7,27H2,1H3,(H,28,29). The van der Waals surface area contributed by atoms with Gasteiger partial charge in [-0.05, 0) is 36.8 Å². The van der Waals surface area contributed by atoms with E-state index in [0.29, 0.717) is 12.1 Å². The predicted molar refractivity (Wildman–Crippen MR) is 88.8 cm³/mol. The summed E-state index contributed by atoms with van der Waals surface area (Å²) in [5.74, 6) is -7.96. The van der Waals surface area contributed by atoms with Gasteiger partial charge in [-0.3, -0.25) is 4.79 Å². The van der Waals surface area contributed by atoms with Gasteiger partial charge in [-0.2, -0.15) is 0 Å². The Morgan fingerprint density at radius 3 is 1.88 bits per heavy atom. The molecule has 0 heterocycles. The molecule has 0 radical (unpaired) electrons. The molecule has 0 amide bonds. The monoisotopic (exact) mass is 487 g/mol. The molecule has 0 saturated carbocycles. The molecule has 2 atom stereocenters. The summed E-state index contributed by atoms with van der Waals surface area (Å²) in [6.07, 6.45) is -17.2. The number of nitrogens with two attached hydrogens (primary N) is 1. The summed E-state index contributed by atoms with van der Waals surface area (Å²) < 4.78 is 124. The van der Waals surface area contributed by atoms with Gasteiger partial charge in [0.2, 0.25) is 5.75 Å². The molecule has 0 bridgehead atoms. The van der Waals surface area contributed by atoms with Crippen LogP contribution in [-0.4, -0.2) is 36.7 Å². The number of benzene rings is 1. The number of aliphatic carboxylic acids is 1. The lowest BCUT2D eigenvalue weighted by Gasteiger charge is -2.22. The van der Waals surface area contributed by atoms with Crippen LogP contribution >= 0.6 is 0 Å². The van der Waals surface area contributed by atoms with Gasteiger partial charge in [-0.15, -0.1) is 39.5 Å². The number of hydrogen-bond donors (Lipinski definition) is 2. The van der Waals surface area contributed by atoms with E-state index in [2.05, 4.69) is 14.2 Å². The summed E-state index contributed by atoms with van der Waals surface area (Å²) in [6.45, 7) is 1.29. The van der Waals surface area contributed by atoms with Gasteiger partial charge in [-0.25, -0.2) is 0 Å². The molecule has 0 spiro atoms. The van der Waals surface area contributed by atoms with Crippen LogP contribution in [0.4, 0.5) is 39.5 Å². The molecule has 0 aliphatic rings. The van der Waals surface area contributed by atoms with Gasteiger partial charge in [0.05, 0.1) is 5.92 Å². The van der Waals surface area contributed by atoms with Crippen LogP contribution < -0.4 is 19.9 Å². The summed E-state index contributed by atoms with van der Waals surface area (Å²) in [6, 6.07) is 1.02. The number of alkyl halides is 9. The summed E-state index contributed by atoms with van der Waals surface area (Å²) in [5, 5.41) is 8.99. The molecule has 0 fully saturated rings. The molecular formula is C17H18F9NO5. The zero-order chi connectivity index (χ0) is 24.9. The maximum absolute atomic E-state index is 12.8. The Balaban J connectivity index is 3.35. The van der Waals surface area contributed by atoms with Crippen LogP contribution in [0.1, 0.15) is 25.3 Å². The van der Waals surface area contributed by atoms with E-state index in [1.807, 2.05) is 0 Å². The largest absolute Gasteiger partial charge is 0.573 e. The first kappa shape index (κ1) is 27.5. The highest BCUT2D eigenvalue weighted by molar-refractivity contribution is 5.70. The zero-order valence-electron chi connectivity index (χ0n) is 16.2. The number of halogens is 9. The summed E-state index contributed by atoms with van der Waals surface area (Å²) in [7, 11) is 0. The van der Waals surface area contributed by atoms with Gasteiger partial charge >= 0.3 is 25.1 Å². The maximum Gasteiger partial charge on any atom is 0.573 e. The molecule has 0 aliphatic heterocycles. The third-order valence-electron chi connectivity index (χ3n) is 4.05. The van der Waals surface area contributed by atoms with Crippen molar-refractivity contribution < 1.29 is 63.6 Å². The quantitative estimate of drug-likeness (QED) is 0.452. The van der Waals surface area contributed by atoms with E-state index in [1.54, 1.807) is 0 Å². The zero-order valence-corrected chi connectivity index (χ0v) is 16.2. The van der Waals surface area contributed by atoms with E-state index < -0.39 is 66.1 Å². The van der Waals surface area contributed by atoms with Crippen LogP contribution in [0.2, 0.25) is 0 Å². The molecule has 184 valence electrons. The lowest BCUT2D eigenvalue weighted by Crippen LogP contribution is -2.25. The number of aryl methyl sites for hydroxylation is 1. The summed E-state index contributed by atoms with van der Waals surface area (Å²) >= 11 is 0. The van der Waals surface area contributed by atoms with Crippen LogP contribution in [0.3, 0.4) is 0 Å². The highest BCUT2D eigenvalue weighted by Gasteiger charge is 2.41. The fraction of sp³-hybridized carbons (Fsp3) is 0.588. The van der Waals surface area contributed by atoms with Crippen molar-refractivity contribution >= 4 is 5.97 Å². The topological polar surface area (TPSA) is 91.0 Å². The number of carboxylic acid groups (broad SMARTS) is 1. The Kier molecular flexibility index (Phi) is 8.89. The third-order valence-corrected chi connectivity index (χ3v) is 4.05. The molecule has 0 saturated heterocycles. The minimum absolute atomic E-state index is 0.00245. The van der Waals surface area contributed by atoms with Crippen molar-refractivity contribution in [1.29, 1.82) is 0 Å². The molecular weight excluding hydrogens is 469 g/mol. The van der Waals surface area contributed by atoms with Crippen LogP contribution in [0.5, 0.6) is 17.2 Å². The highest BCUT2D eigenvalue weighted by atomic mass is 19.4. The van der Waals surface area contributed by atoms with E-state index in [9.17, 15) is 44.3 Å². The summed E-state index contributed by atoms with van der Waals surface area (Å²) in [5.41, 5.74) is 4.75. The smallest absolute Gasteiger partial charge is 0.481 e. The Morgan fingerprint density at radius 1 is 0.938 bits per heavy atom. The van der Waals surface area contributed by atoms with Crippen LogP contribution in [0.25, 0.3) is 0 Å². The van der Waals surface area contributed by atoms with E-state index in [1.165, 1.54) is 6.92 Å². The third kappa shape index (κ3) is 9.70. The molecule has 2 unspecified atom stereocenters. The fourth-order valence-corrected chi connectivity index (χ4v) is 2.73. The van der Waals surface area contributed by atoms with Gasteiger partial charge in [0.1, 0.15) is 0 Å². The second-order valence-electron chi connectivity index (χ2n) is 6.67. The van der Waals surface area contributed by atoms with Crippen molar-refractivity contribution in [2.75, 3.05) is 6.54 Å². The van der Waals surface area contributed by atoms with E-state index in [-0.39, 0.29) is 19.4 Å². The van der Waals surface area contributed by atoms with E-state index in [0.717, 1.165) is 0 Å². The molecule has 6 nitrogen and oxygen atoms in total. The van der Waals surface area contributed by atoms with Crippen molar-refractivity contribution in [3.8, 4) is 17.2 Å². The van der Waals surface area contributed by atoms with Crippen molar-refractivity contribution in [2.45, 2.75) is 45.3 Å². The van der Waals surface area contributed by atoms with Gasteiger partial charge in [-0.1, -0.05) is 13.0 Å². The van der Waals surface area contributed by atoms with Crippen molar-refractivity contribution in [2.24, 2.45) is 17.6 Å². The van der Waals surface area contributed by atoms with Gasteiger partial charge in [0.15, 0.2) is 11.5 Å². The van der Waals surface area contributed by atoms with Crippen molar-refractivity contribution in [3.05, 3.63) is 17.7 Å². The number of carboxylic acids is 1. The predicted octanol–water partition coefficient (Wildman–Crippen LogP) is 5.00. The highest BCUT2D eigenvalue weighted by Crippen LogP contribution is 2.47. The van der Waals surface area contributed by atoms with Crippen molar-refractivity contribution in [1.82, 2.24) is 0 Å². The minimum atomic E-state index is -5.67. The molecule has 0 aliphatic carbocycles. The number of carbonyl (C=O) groups is 1. The second kappa shape index (κ2) is 10.4. The number of hydrogen-bond acceptors (Lipinski definition) is 5. The lowest BCUT2D eigenvalue weighted by atomic mass is 9.91. The fourth-order valence-electron chi connectivity index (χ4n) is 2.73. The molecule has 32 heavy (non-hydrogen) atoms. The Labute approximate surface area is 175 Å². The van der Waals surface area contributed by atoms with Crippen molar-refractivity contribution in [3.63, 3.8) is 0 Å². The lowest BCUT2D eigenvalue weighted by molar-refractivity contribution is -0.293. The first-order chi connectivity index (χ1) is 14.4. The van der Waals surface area contributed by atoms with E-state index >= 15 is 0 Å². The van der Waals surface area contributed by atoms with Gasteiger partial charge in [0.25, 0.3) is 0 Å². The van der Waals surface area contributed by atoms with Gasteiger partial charge in [0, 0.05) is 6.54 Å². The molecule has 1 aromatic carbocycles. The summed E-state index contributed by atoms with van der Waals surface area (Å²) in [4.78, 5) is 11.0. The average molecular weight is 487 g/mol. The Bertz CT molecular complexity index is 777. The minimum Gasteiger partial charge on any atom is -0.481 e. The molecule has 1 rings (SSSR count). The molecule has 15 heteroatoms. The average Bonchev–Trinajstić information content (AvgIpc) is 2.58.